The first kappa shape index (κ1) is 16.7. The van der Waals surface area contributed by atoms with Crippen molar-refractivity contribution < 1.29 is 9.90 Å². The third-order valence-corrected chi connectivity index (χ3v) is 4.88. The Kier molecular flexibility index (Phi) is 5.65. The van der Waals surface area contributed by atoms with Crippen molar-refractivity contribution in [1.29, 1.82) is 0 Å². The van der Waals surface area contributed by atoms with Gasteiger partial charge in [-0.15, -0.1) is 0 Å². The van der Waals surface area contributed by atoms with E-state index in [1.54, 1.807) is 0 Å². The third kappa shape index (κ3) is 4.24. The summed E-state index contributed by atoms with van der Waals surface area (Å²) in [4.78, 5) is 13.2. The highest BCUT2D eigenvalue weighted by Gasteiger charge is 2.26. The Balaban J connectivity index is 1.73. The average molecular weight is 323 g/mol. The molecule has 0 spiro atoms. The predicted molar refractivity (Wildman–Crippen MR) is 96.1 cm³/mol. The Bertz CT molecular complexity index is 669. The minimum atomic E-state index is -0.695. The van der Waals surface area contributed by atoms with E-state index in [1.807, 2.05) is 0 Å². The second-order valence-electron chi connectivity index (χ2n) is 6.54. The van der Waals surface area contributed by atoms with Gasteiger partial charge in [0.25, 0.3) is 0 Å². The number of unbranched alkanes of at least 4 members (excludes halogenated alkanes) is 1. The van der Waals surface area contributed by atoms with E-state index >= 15 is 0 Å². The second-order valence-corrected chi connectivity index (χ2v) is 6.54. The molecule has 1 aliphatic heterocycles. The second kappa shape index (κ2) is 8.11. The first-order valence-corrected chi connectivity index (χ1v) is 8.81. The van der Waals surface area contributed by atoms with Crippen LogP contribution in [0.3, 0.4) is 0 Å². The van der Waals surface area contributed by atoms with Gasteiger partial charge < -0.3 is 5.11 Å². The summed E-state index contributed by atoms with van der Waals surface area (Å²) < 4.78 is 0. The molecule has 24 heavy (non-hydrogen) atoms. The highest BCUT2D eigenvalue weighted by Crippen LogP contribution is 2.32. The molecule has 1 aliphatic rings. The fourth-order valence-corrected chi connectivity index (χ4v) is 3.64. The van der Waals surface area contributed by atoms with Gasteiger partial charge in [-0.3, -0.25) is 9.69 Å². The number of hydrogen-bond acceptors (Lipinski definition) is 2. The molecule has 3 heteroatoms. The molecule has 3 rings (SSSR count). The lowest BCUT2D eigenvalue weighted by Crippen LogP contribution is -2.37. The zero-order valence-electron chi connectivity index (χ0n) is 14.0. The van der Waals surface area contributed by atoms with Crippen LogP contribution in [0.1, 0.15) is 42.0 Å². The normalized spacial score (nSPS) is 17.4. The Labute approximate surface area is 143 Å². The van der Waals surface area contributed by atoms with Crippen LogP contribution in [0.5, 0.6) is 0 Å². The summed E-state index contributed by atoms with van der Waals surface area (Å²) in [6.45, 7) is 2.03. The molecule has 0 fully saturated rings. The Morgan fingerprint density at radius 1 is 1.04 bits per heavy atom. The van der Waals surface area contributed by atoms with E-state index < -0.39 is 5.97 Å². The molecule has 3 nitrogen and oxygen atoms in total. The molecule has 1 unspecified atom stereocenters. The van der Waals surface area contributed by atoms with Gasteiger partial charge in [0.2, 0.25) is 0 Å². The lowest BCUT2D eigenvalue weighted by Gasteiger charge is -2.37. The molecule has 0 amide bonds. The minimum absolute atomic E-state index is 0.272. The lowest BCUT2D eigenvalue weighted by molar-refractivity contribution is -0.137. The Hall–Kier alpha value is -2.13. The average Bonchev–Trinajstić information content (AvgIpc) is 2.61. The van der Waals surface area contributed by atoms with Crippen LogP contribution in [0, 0.1) is 0 Å². The van der Waals surface area contributed by atoms with Crippen molar-refractivity contribution in [3.05, 3.63) is 71.3 Å². The maximum atomic E-state index is 10.7. The van der Waals surface area contributed by atoms with Crippen LogP contribution in [0.4, 0.5) is 0 Å². The van der Waals surface area contributed by atoms with Crippen molar-refractivity contribution in [2.24, 2.45) is 0 Å². The van der Waals surface area contributed by atoms with Crippen LogP contribution in [0.25, 0.3) is 0 Å². The largest absolute Gasteiger partial charge is 0.481 e. The minimum Gasteiger partial charge on any atom is -0.481 e. The Morgan fingerprint density at radius 2 is 1.79 bits per heavy atom. The number of hydrogen-bond donors (Lipinski definition) is 1. The van der Waals surface area contributed by atoms with Crippen LogP contribution in [-0.2, 0) is 17.6 Å². The van der Waals surface area contributed by atoms with Gasteiger partial charge in [0.1, 0.15) is 0 Å². The predicted octanol–water partition coefficient (Wildman–Crippen LogP) is 4.08. The maximum Gasteiger partial charge on any atom is 0.303 e. The quantitative estimate of drug-likeness (QED) is 0.780. The summed E-state index contributed by atoms with van der Waals surface area (Å²) in [6.07, 6.45) is 4.07. The summed E-state index contributed by atoms with van der Waals surface area (Å²) >= 11 is 0. The number of fused-ring (bicyclic) bond motifs is 1. The first-order chi connectivity index (χ1) is 11.7. The van der Waals surface area contributed by atoms with Crippen molar-refractivity contribution in [2.75, 3.05) is 13.1 Å². The van der Waals surface area contributed by atoms with E-state index in [9.17, 15) is 4.79 Å². The molecule has 126 valence electrons. The highest BCUT2D eigenvalue weighted by molar-refractivity contribution is 5.66. The molecule has 1 heterocycles. The molecular formula is C21H25NO2. The maximum absolute atomic E-state index is 10.7. The number of carbonyl (C=O) groups is 1. The first-order valence-electron chi connectivity index (χ1n) is 8.81. The molecule has 0 aromatic heterocycles. The van der Waals surface area contributed by atoms with Crippen molar-refractivity contribution in [2.45, 2.75) is 38.1 Å². The van der Waals surface area contributed by atoms with E-state index in [4.69, 9.17) is 5.11 Å². The van der Waals surface area contributed by atoms with E-state index in [1.165, 1.54) is 16.7 Å². The van der Waals surface area contributed by atoms with Crippen LogP contribution >= 0.6 is 0 Å². The van der Waals surface area contributed by atoms with Crippen molar-refractivity contribution in [3.63, 3.8) is 0 Å². The fourth-order valence-electron chi connectivity index (χ4n) is 3.64. The van der Waals surface area contributed by atoms with Crippen LogP contribution < -0.4 is 0 Å². The standard InChI is InChI=1S/C21H25NO2/c23-21(24)12-6-7-14-22-15-13-18-10-4-5-11-19(18)20(22)16-17-8-2-1-3-9-17/h1-5,8-11,20H,6-7,12-16H2,(H,23,24). The number of carboxylic acids is 1. The Morgan fingerprint density at radius 3 is 2.58 bits per heavy atom. The summed E-state index contributed by atoms with van der Waals surface area (Å²) in [6, 6.07) is 19.8. The molecule has 0 saturated heterocycles. The van der Waals surface area contributed by atoms with Crippen LogP contribution in [-0.4, -0.2) is 29.1 Å². The van der Waals surface area contributed by atoms with Gasteiger partial charge in [0, 0.05) is 19.0 Å². The molecular weight excluding hydrogens is 298 g/mol. The molecule has 2 aromatic rings. The molecule has 2 aromatic carbocycles. The third-order valence-electron chi connectivity index (χ3n) is 4.88. The van der Waals surface area contributed by atoms with Crippen molar-refractivity contribution >= 4 is 5.97 Å². The molecule has 0 saturated carbocycles. The molecule has 0 bridgehead atoms. The van der Waals surface area contributed by atoms with Gasteiger partial charge in [-0.25, -0.2) is 0 Å². The van der Waals surface area contributed by atoms with E-state index in [2.05, 4.69) is 59.5 Å². The number of rotatable bonds is 7. The monoisotopic (exact) mass is 323 g/mol. The summed E-state index contributed by atoms with van der Waals surface area (Å²) in [5, 5.41) is 8.81. The molecule has 1 atom stereocenters. The van der Waals surface area contributed by atoms with Crippen LogP contribution in [0.15, 0.2) is 54.6 Å². The van der Waals surface area contributed by atoms with Gasteiger partial charge in [-0.05, 0) is 48.9 Å². The summed E-state index contributed by atoms with van der Waals surface area (Å²) in [5.41, 5.74) is 4.25. The van der Waals surface area contributed by atoms with Crippen molar-refractivity contribution in [1.82, 2.24) is 4.90 Å². The van der Waals surface area contributed by atoms with E-state index in [-0.39, 0.29) is 6.42 Å². The van der Waals surface area contributed by atoms with Gasteiger partial charge in [0.05, 0.1) is 0 Å². The number of aliphatic carboxylic acids is 1. The zero-order chi connectivity index (χ0) is 16.8. The van der Waals surface area contributed by atoms with Gasteiger partial charge >= 0.3 is 5.97 Å². The van der Waals surface area contributed by atoms with E-state index in [0.717, 1.165) is 38.8 Å². The number of carboxylic acid groups (broad SMARTS) is 1. The van der Waals surface area contributed by atoms with Crippen LogP contribution in [0.2, 0.25) is 0 Å². The van der Waals surface area contributed by atoms with Gasteiger partial charge in [-0.2, -0.15) is 0 Å². The molecule has 0 radical (unpaired) electrons. The summed E-state index contributed by atoms with van der Waals surface area (Å²) in [7, 11) is 0. The van der Waals surface area contributed by atoms with Crippen molar-refractivity contribution in [3.8, 4) is 0 Å². The number of nitrogens with zero attached hydrogens (tertiary/aromatic N) is 1. The molecule has 0 aliphatic carbocycles. The van der Waals surface area contributed by atoms with E-state index in [0.29, 0.717) is 6.04 Å². The zero-order valence-corrected chi connectivity index (χ0v) is 14.0. The summed E-state index contributed by atoms with van der Waals surface area (Å²) in [5.74, 6) is -0.695. The number of benzene rings is 2. The molecule has 1 N–H and O–H groups in total. The highest BCUT2D eigenvalue weighted by atomic mass is 16.4. The van der Waals surface area contributed by atoms with Gasteiger partial charge in [0.15, 0.2) is 0 Å². The SMILES string of the molecule is O=C(O)CCCCN1CCc2ccccc2C1Cc1ccccc1. The lowest BCUT2D eigenvalue weighted by atomic mass is 9.88. The van der Waals surface area contributed by atoms with Gasteiger partial charge in [-0.1, -0.05) is 54.6 Å². The topological polar surface area (TPSA) is 40.5 Å². The smallest absolute Gasteiger partial charge is 0.303 e. The fraction of sp³-hybridized carbons (Fsp3) is 0.381.